The standard InChI is InChI=1S/C24H23FN2O3/c1-3-30-24(28)20-11-7-10-16(26-20)12-18-17-13-19(25)22(29-2)14-21(17)27-23(18)15-8-5-4-6-9-15/h4-11,13-14,20,26-27H,3,12H2,1-2H3. The summed E-state index contributed by atoms with van der Waals surface area (Å²) in [7, 11) is 1.45. The molecule has 4 rings (SSSR count). The molecule has 3 aromatic rings. The Balaban J connectivity index is 1.75. The summed E-state index contributed by atoms with van der Waals surface area (Å²) in [5.41, 5.74) is 4.48. The third kappa shape index (κ3) is 3.81. The third-order valence-electron chi connectivity index (χ3n) is 5.09. The number of carbonyl (C=O) groups is 1. The van der Waals surface area contributed by atoms with E-state index < -0.39 is 11.9 Å². The number of hydrogen-bond acceptors (Lipinski definition) is 4. The molecule has 30 heavy (non-hydrogen) atoms. The Morgan fingerprint density at radius 3 is 2.73 bits per heavy atom. The smallest absolute Gasteiger partial charge is 0.332 e. The fourth-order valence-electron chi connectivity index (χ4n) is 3.69. The van der Waals surface area contributed by atoms with Gasteiger partial charge < -0.3 is 19.8 Å². The molecule has 1 aromatic heterocycles. The van der Waals surface area contributed by atoms with Crippen molar-refractivity contribution in [3.63, 3.8) is 0 Å². The van der Waals surface area contributed by atoms with Crippen LogP contribution >= 0.6 is 0 Å². The second-order valence-electron chi connectivity index (χ2n) is 7.00. The number of H-pyrrole nitrogens is 1. The highest BCUT2D eigenvalue weighted by Gasteiger charge is 2.22. The van der Waals surface area contributed by atoms with Gasteiger partial charge in [0.1, 0.15) is 6.04 Å². The molecule has 1 unspecified atom stereocenters. The van der Waals surface area contributed by atoms with Crippen LogP contribution in [0.1, 0.15) is 12.5 Å². The van der Waals surface area contributed by atoms with Crippen LogP contribution in [0.15, 0.2) is 66.4 Å². The quantitative estimate of drug-likeness (QED) is 0.592. The van der Waals surface area contributed by atoms with Crippen molar-refractivity contribution < 1.29 is 18.7 Å². The van der Waals surface area contributed by atoms with E-state index in [4.69, 9.17) is 9.47 Å². The zero-order valence-electron chi connectivity index (χ0n) is 16.9. The molecule has 0 saturated carbocycles. The van der Waals surface area contributed by atoms with Crippen LogP contribution in [0, 0.1) is 5.82 Å². The van der Waals surface area contributed by atoms with Crippen LogP contribution in [0.4, 0.5) is 4.39 Å². The summed E-state index contributed by atoms with van der Waals surface area (Å²) in [5, 5.41) is 4.00. The van der Waals surface area contributed by atoms with Crippen molar-refractivity contribution in [2.45, 2.75) is 19.4 Å². The lowest BCUT2D eigenvalue weighted by Gasteiger charge is -2.20. The van der Waals surface area contributed by atoms with Gasteiger partial charge in [0.05, 0.1) is 24.9 Å². The number of nitrogens with one attached hydrogen (secondary N) is 2. The van der Waals surface area contributed by atoms with Gasteiger partial charge in [0, 0.05) is 23.6 Å². The summed E-state index contributed by atoms with van der Waals surface area (Å²) in [4.78, 5) is 15.5. The minimum Gasteiger partial charge on any atom is -0.494 e. The number of aromatic nitrogens is 1. The average Bonchev–Trinajstić information content (AvgIpc) is 3.11. The molecule has 1 atom stereocenters. The summed E-state index contributed by atoms with van der Waals surface area (Å²) >= 11 is 0. The highest BCUT2D eigenvalue weighted by atomic mass is 19.1. The molecule has 0 fully saturated rings. The van der Waals surface area contributed by atoms with E-state index in [0.29, 0.717) is 13.0 Å². The maximum atomic E-state index is 14.5. The van der Waals surface area contributed by atoms with Crippen LogP contribution in [-0.2, 0) is 16.0 Å². The van der Waals surface area contributed by atoms with Crippen LogP contribution < -0.4 is 10.1 Å². The zero-order chi connectivity index (χ0) is 21.1. The number of carbonyl (C=O) groups excluding carboxylic acids is 1. The Morgan fingerprint density at radius 2 is 2.00 bits per heavy atom. The van der Waals surface area contributed by atoms with Crippen molar-refractivity contribution in [1.82, 2.24) is 10.3 Å². The van der Waals surface area contributed by atoms with Crippen LogP contribution in [-0.4, -0.2) is 30.7 Å². The van der Waals surface area contributed by atoms with E-state index in [2.05, 4.69) is 10.3 Å². The topological polar surface area (TPSA) is 63.4 Å². The summed E-state index contributed by atoms with van der Waals surface area (Å²) < 4.78 is 24.8. The van der Waals surface area contributed by atoms with Crippen molar-refractivity contribution in [2.24, 2.45) is 0 Å². The van der Waals surface area contributed by atoms with Crippen LogP contribution in [0.2, 0.25) is 0 Å². The first-order valence-corrected chi connectivity index (χ1v) is 9.84. The molecule has 0 amide bonds. The van der Waals surface area contributed by atoms with E-state index in [1.54, 1.807) is 19.1 Å². The first-order chi connectivity index (χ1) is 14.6. The van der Waals surface area contributed by atoms with Crippen LogP contribution in [0.5, 0.6) is 5.75 Å². The van der Waals surface area contributed by atoms with Gasteiger partial charge in [0.15, 0.2) is 11.6 Å². The maximum Gasteiger partial charge on any atom is 0.332 e. The summed E-state index contributed by atoms with van der Waals surface area (Å²) in [6.45, 7) is 2.10. The highest BCUT2D eigenvalue weighted by molar-refractivity contribution is 5.92. The van der Waals surface area contributed by atoms with Gasteiger partial charge >= 0.3 is 5.97 Å². The van der Waals surface area contributed by atoms with Crippen molar-refractivity contribution >= 4 is 16.9 Å². The predicted octanol–water partition coefficient (Wildman–Crippen LogP) is 4.50. The molecule has 0 bridgehead atoms. The number of methoxy groups -OCH3 is 1. The lowest BCUT2D eigenvalue weighted by molar-refractivity contribution is -0.144. The number of aromatic amines is 1. The van der Waals surface area contributed by atoms with Gasteiger partial charge in [-0.25, -0.2) is 9.18 Å². The predicted molar refractivity (Wildman–Crippen MR) is 115 cm³/mol. The van der Waals surface area contributed by atoms with E-state index in [1.807, 2.05) is 42.5 Å². The number of hydrogen-bond donors (Lipinski definition) is 2. The number of dihydropyridines is 1. The summed E-state index contributed by atoms with van der Waals surface area (Å²) in [6.07, 6.45) is 6.02. The number of rotatable bonds is 6. The second kappa shape index (κ2) is 8.45. The second-order valence-corrected chi connectivity index (χ2v) is 7.00. The molecule has 2 heterocycles. The molecule has 154 valence electrons. The van der Waals surface area contributed by atoms with Gasteiger partial charge in [0.2, 0.25) is 0 Å². The molecular weight excluding hydrogens is 383 g/mol. The molecule has 0 radical (unpaired) electrons. The van der Waals surface area contributed by atoms with Gasteiger partial charge in [-0.3, -0.25) is 0 Å². The van der Waals surface area contributed by atoms with E-state index in [-0.39, 0.29) is 11.7 Å². The van der Waals surface area contributed by atoms with E-state index in [1.165, 1.54) is 13.2 Å². The summed E-state index contributed by atoms with van der Waals surface area (Å²) in [5.74, 6) is -0.549. The Morgan fingerprint density at radius 1 is 1.20 bits per heavy atom. The first kappa shape index (κ1) is 19.8. The van der Waals surface area contributed by atoms with Gasteiger partial charge in [-0.2, -0.15) is 0 Å². The molecular formula is C24H23FN2O3. The van der Waals surface area contributed by atoms with Gasteiger partial charge in [0.25, 0.3) is 0 Å². The molecule has 1 aliphatic rings. The number of fused-ring (bicyclic) bond motifs is 1. The molecule has 6 heteroatoms. The maximum absolute atomic E-state index is 14.5. The molecule has 2 N–H and O–H groups in total. The van der Waals surface area contributed by atoms with Gasteiger partial charge in [-0.05, 0) is 30.2 Å². The summed E-state index contributed by atoms with van der Waals surface area (Å²) in [6, 6.07) is 12.5. The van der Waals surface area contributed by atoms with Crippen molar-refractivity contribution in [3.8, 4) is 17.0 Å². The fraction of sp³-hybridized carbons (Fsp3) is 0.208. The van der Waals surface area contributed by atoms with Crippen LogP contribution in [0.25, 0.3) is 22.2 Å². The first-order valence-electron chi connectivity index (χ1n) is 9.84. The van der Waals surface area contributed by atoms with Gasteiger partial charge in [-0.1, -0.05) is 42.5 Å². The van der Waals surface area contributed by atoms with E-state index >= 15 is 0 Å². The largest absolute Gasteiger partial charge is 0.494 e. The Hall–Kier alpha value is -3.54. The molecule has 0 aliphatic carbocycles. The number of halogens is 1. The average molecular weight is 406 g/mol. The lowest BCUT2D eigenvalue weighted by atomic mass is 9.99. The van der Waals surface area contributed by atoms with Crippen LogP contribution in [0.3, 0.4) is 0 Å². The number of allylic oxidation sites excluding steroid dienone is 3. The van der Waals surface area contributed by atoms with Crippen molar-refractivity contribution in [2.75, 3.05) is 13.7 Å². The van der Waals surface area contributed by atoms with Crippen molar-refractivity contribution in [3.05, 3.63) is 77.8 Å². The minimum atomic E-state index is -0.535. The molecule has 0 saturated heterocycles. The monoisotopic (exact) mass is 406 g/mol. The van der Waals surface area contributed by atoms with Gasteiger partial charge in [-0.15, -0.1) is 0 Å². The van der Waals surface area contributed by atoms with E-state index in [9.17, 15) is 9.18 Å². The molecule has 2 aromatic carbocycles. The zero-order valence-corrected chi connectivity index (χ0v) is 16.9. The minimum absolute atomic E-state index is 0.190. The Labute approximate surface area is 174 Å². The van der Waals surface area contributed by atoms with Crippen molar-refractivity contribution in [1.29, 1.82) is 0 Å². The molecule has 1 aliphatic heterocycles. The fourth-order valence-corrected chi connectivity index (χ4v) is 3.69. The number of benzene rings is 2. The number of esters is 1. The lowest BCUT2D eigenvalue weighted by Crippen LogP contribution is -2.37. The number of ether oxygens (including phenoxy) is 2. The Kier molecular flexibility index (Phi) is 5.57. The molecule has 5 nitrogen and oxygen atoms in total. The molecule has 0 spiro atoms. The third-order valence-corrected chi connectivity index (χ3v) is 5.09. The SMILES string of the molecule is CCOC(=O)C1C=CC=C(Cc2c(-c3ccccc3)[nH]c3cc(OC)c(F)cc23)N1. The van der Waals surface area contributed by atoms with E-state index in [0.717, 1.165) is 33.4 Å². The highest BCUT2D eigenvalue weighted by Crippen LogP contribution is 2.35. The normalized spacial score (nSPS) is 15.6. The Bertz CT molecular complexity index is 1130.